The van der Waals surface area contributed by atoms with Crippen LogP contribution in [0.25, 0.3) is 10.9 Å². The van der Waals surface area contributed by atoms with Crippen molar-refractivity contribution in [3.63, 3.8) is 0 Å². The number of esters is 1. The van der Waals surface area contributed by atoms with Crippen LogP contribution in [0.15, 0.2) is 35.5 Å². The summed E-state index contributed by atoms with van der Waals surface area (Å²) in [5.41, 5.74) is -3.12. The largest absolute Gasteiger partial charge is 0.483 e. The monoisotopic (exact) mass is 526 g/mol. The van der Waals surface area contributed by atoms with Gasteiger partial charge in [0.1, 0.15) is 11.1 Å². The van der Waals surface area contributed by atoms with Crippen molar-refractivity contribution in [1.29, 1.82) is 0 Å². The number of fused-ring (bicyclic) bond motifs is 2. The number of carbonyl (C=O) groups is 3. The van der Waals surface area contributed by atoms with E-state index in [1.54, 1.807) is 45.0 Å². The summed E-state index contributed by atoms with van der Waals surface area (Å²) in [7, 11) is 2.55. The minimum Gasteiger partial charge on any atom is -0.483 e. The number of rotatable bonds is 4. The fourth-order valence-electron chi connectivity index (χ4n) is 6.42. The summed E-state index contributed by atoms with van der Waals surface area (Å²) in [6.45, 7) is 5.55. The van der Waals surface area contributed by atoms with Gasteiger partial charge in [-0.1, -0.05) is 18.2 Å². The van der Waals surface area contributed by atoms with Crippen LogP contribution >= 0.6 is 0 Å². The fraction of sp³-hybridized carbons (Fsp3) is 0.538. The van der Waals surface area contributed by atoms with E-state index in [0.717, 1.165) is 0 Å². The van der Waals surface area contributed by atoms with E-state index in [-0.39, 0.29) is 12.3 Å². The number of methoxy groups -OCH3 is 2. The van der Waals surface area contributed by atoms with E-state index in [1.165, 1.54) is 29.9 Å². The number of aliphatic imine (C=N–C) groups is 1. The molecule has 0 N–H and O–H groups in total. The van der Waals surface area contributed by atoms with E-state index < -0.39 is 51.5 Å². The summed E-state index contributed by atoms with van der Waals surface area (Å²) in [6.07, 6.45) is 1.48. The van der Waals surface area contributed by atoms with Crippen LogP contribution in [0.4, 0.5) is 4.79 Å². The van der Waals surface area contributed by atoms with Crippen LogP contribution in [0, 0.1) is 16.0 Å². The third kappa shape index (κ3) is 3.42. The van der Waals surface area contributed by atoms with Gasteiger partial charge in [0.05, 0.1) is 19.7 Å². The molecule has 1 aromatic heterocycles. The lowest BCUT2D eigenvalue weighted by molar-refractivity contribution is -0.544. The molecule has 5 heterocycles. The van der Waals surface area contributed by atoms with Gasteiger partial charge in [0.2, 0.25) is 11.4 Å². The molecule has 202 valence electrons. The zero-order chi connectivity index (χ0) is 27.6. The molecule has 2 aromatic rings. The summed E-state index contributed by atoms with van der Waals surface area (Å²) in [6, 6.07) is 5.31. The number of carbonyl (C=O) groups excluding carboxylic acids is 3. The van der Waals surface area contributed by atoms with Crippen molar-refractivity contribution < 1.29 is 33.5 Å². The number of ether oxygens (including phenoxy) is 3. The van der Waals surface area contributed by atoms with Crippen LogP contribution in [-0.2, 0) is 30.2 Å². The maximum atomic E-state index is 14.1. The quantitative estimate of drug-likeness (QED) is 0.336. The molecule has 4 atom stereocenters. The van der Waals surface area contributed by atoms with Crippen molar-refractivity contribution >= 4 is 34.8 Å². The van der Waals surface area contributed by atoms with Gasteiger partial charge < -0.3 is 19.1 Å². The first kappa shape index (κ1) is 25.7. The van der Waals surface area contributed by atoms with Gasteiger partial charge in [0, 0.05) is 29.5 Å². The molecule has 1 aromatic carbocycles. The number of nitrogens with zero attached hydrogens (tertiary/aromatic N) is 4. The number of benzene rings is 1. The molecule has 1 spiro atoms. The Morgan fingerprint density at radius 1 is 1.24 bits per heavy atom. The third-order valence-electron chi connectivity index (χ3n) is 7.75. The van der Waals surface area contributed by atoms with Crippen LogP contribution in [0.3, 0.4) is 0 Å². The van der Waals surface area contributed by atoms with E-state index in [2.05, 4.69) is 4.99 Å². The van der Waals surface area contributed by atoms with Gasteiger partial charge in [-0.15, -0.1) is 0 Å². The van der Waals surface area contributed by atoms with Gasteiger partial charge in [-0.2, -0.15) is 0 Å². The topological polar surface area (TPSA) is 143 Å². The van der Waals surface area contributed by atoms with Crippen LogP contribution in [0.5, 0.6) is 0 Å². The summed E-state index contributed by atoms with van der Waals surface area (Å²) in [5.74, 6) is -2.53. The molecule has 0 aliphatic carbocycles. The predicted molar refractivity (Wildman–Crippen MR) is 134 cm³/mol. The van der Waals surface area contributed by atoms with Gasteiger partial charge in [-0.3, -0.25) is 24.3 Å². The molecule has 0 radical (unpaired) electrons. The van der Waals surface area contributed by atoms with Gasteiger partial charge in [0.25, 0.3) is 11.9 Å². The first-order valence-corrected chi connectivity index (χ1v) is 12.4. The second kappa shape index (κ2) is 8.53. The van der Waals surface area contributed by atoms with E-state index in [9.17, 15) is 24.5 Å². The third-order valence-corrected chi connectivity index (χ3v) is 7.75. The van der Waals surface area contributed by atoms with Crippen molar-refractivity contribution in [1.82, 2.24) is 9.47 Å². The number of piperidine rings is 1. The maximum absolute atomic E-state index is 14.1. The van der Waals surface area contributed by atoms with Crippen LogP contribution in [0.1, 0.15) is 39.2 Å². The Morgan fingerprint density at radius 2 is 1.95 bits per heavy atom. The number of aromatic nitrogens is 1. The average Bonchev–Trinajstić information content (AvgIpc) is 3.46. The Labute approximate surface area is 218 Å². The Kier molecular flexibility index (Phi) is 5.77. The lowest BCUT2D eigenvalue weighted by atomic mass is 9.61. The molecule has 2 saturated heterocycles. The smallest absolute Gasteiger partial charge is 0.419 e. The summed E-state index contributed by atoms with van der Waals surface area (Å²) >= 11 is 0. The van der Waals surface area contributed by atoms with Crippen molar-refractivity contribution in [3.8, 4) is 0 Å². The number of hydrogen-bond acceptors (Lipinski definition) is 9. The SMILES string of the molecule is COC(=O)[C@H]1[C@H]([N+](=O)[O-])[C@]2(Cc3cn(C(=O)OC(C)(C)C)c4ccccc34)N=C(OC)[C@]13CCCN3C2=O. The number of amides is 1. The van der Waals surface area contributed by atoms with Crippen molar-refractivity contribution in [3.05, 3.63) is 46.1 Å². The molecule has 4 aliphatic heterocycles. The summed E-state index contributed by atoms with van der Waals surface area (Å²) in [5, 5.41) is 13.3. The van der Waals surface area contributed by atoms with Crippen LogP contribution < -0.4 is 0 Å². The highest BCUT2D eigenvalue weighted by Gasteiger charge is 2.79. The molecule has 0 saturated carbocycles. The molecule has 2 fully saturated rings. The molecular weight excluding hydrogens is 496 g/mol. The summed E-state index contributed by atoms with van der Waals surface area (Å²) in [4.78, 5) is 58.5. The highest BCUT2D eigenvalue weighted by atomic mass is 16.6. The van der Waals surface area contributed by atoms with Gasteiger partial charge in [-0.05, 0) is 45.2 Å². The first-order chi connectivity index (χ1) is 17.9. The molecule has 12 nitrogen and oxygen atoms in total. The lowest BCUT2D eigenvalue weighted by Crippen LogP contribution is -2.81. The molecule has 12 heteroatoms. The lowest BCUT2D eigenvalue weighted by Gasteiger charge is -2.56. The zero-order valence-corrected chi connectivity index (χ0v) is 21.9. The van der Waals surface area contributed by atoms with E-state index in [1.807, 2.05) is 0 Å². The van der Waals surface area contributed by atoms with E-state index >= 15 is 0 Å². The van der Waals surface area contributed by atoms with Gasteiger partial charge in [0.15, 0.2) is 5.92 Å². The first-order valence-electron chi connectivity index (χ1n) is 12.4. The predicted octanol–water partition coefficient (Wildman–Crippen LogP) is 2.57. The number of nitro groups is 1. The van der Waals surface area contributed by atoms with E-state index in [4.69, 9.17) is 14.2 Å². The van der Waals surface area contributed by atoms with Crippen LogP contribution in [0.2, 0.25) is 0 Å². The Morgan fingerprint density at radius 3 is 2.58 bits per heavy atom. The van der Waals surface area contributed by atoms with Gasteiger partial charge in [-0.25, -0.2) is 9.79 Å². The highest BCUT2D eigenvalue weighted by Crippen LogP contribution is 2.54. The second-order valence-corrected chi connectivity index (χ2v) is 11.0. The standard InChI is InChI=1S/C26H30N4O8/c1-24(2,3)38-23(33)28-14-15(16-9-6-7-10-17(16)28)13-25-19(30(34)35)18(20(31)36-4)26(21(27-25)37-5)11-8-12-29(26)22(25)32/h6-7,9-10,14,18-19H,8,11-13H2,1-5H3/t18-,19+,25+,26+/m1/s1. The Hall–Kier alpha value is -3.96. The van der Waals surface area contributed by atoms with Crippen LogP contribution in [-0.4, -0.2) is 81.7 Å². The Balaban J connectivity index is 1.72. The molecule has 1 amide bonds. The molecule has 6 rings (SSSR count). The molecule has 0 unspecified atom stereocenters. The maximum Gasteiger partial charge on any atom is 0.419 e. The minimum atomic E-state index is -1.98. The molecule has 4 aliphatic rings. The summed E-state index contributed by atoms with van der Waals surface area (Å²) < 4.78 is 17.6. The zero-order valence-electron chi connectivity index (χ0n) is 21.9. The number of para-hydroxylation sites is 1. The van der Waals surface area contributed by atoms with Gasteiger partial charge >= 0.3 is 12.1 Å². The highest BCUT2D eigenvalue weighted by molar-refractivity contribution is 6.07. The normalized spacial score (nSPS) is 28.2. The minimum absolute atomic E-state index is 0.110. The van der Waals surface area contributed by atoms with Crippen molar-refractivity contribution in [2.24, 2.45) is 10.9 Å². The molecule has 38 heavy (non-hydrogen) atoms. The van der Waals surface area contributed by atoms with Crippen molar-refractivity contribution in [2.75, 3.05) is 20.8 Å². The molecule has 2 bridgehead atoms. The molecular formula is C26H30N4O8. The Bertz CT molecular complexity index is 1390. The van der Waals surface area contributed by atoms with E-state index in [0.29, 0.717) is 35.9 Å². The second-order valence-electron chi connectivity index (χ2n) is 11.0. The number of hydrogen-bond donors (Lipinski definition) is 0. The van der Waals surface area contributed by atoms with Crippen molar-refractivity contribution in [2.45, 2.75) is 62.8 Å². The average molecular weight is 527 g/mol. The fourth-order valence-corrected chi connectivity index (χ4v) is 6.42.